The molecule has 1 aromatic carbocycles. The van der Waals surface area contributed by atoms with Crippen LogP contribution < -0.4 is 14.8 Å². The van der Waals surface area contributed by atoms with Gasteiger partial charge in [0.1, 0.15) is 13.2 Å². The molecule has 144 valence electrons. The molecule has 0 spiro atoms. The van der Waals surface area contributed by atoms with Gasteiger partial charge in [0.15, 0.2) is 11.5 Å². The molecule has 5 nitrogen and oxygen atoms in total. The molecule has 0 bridgehead atoms. The second kappa shape index (κ2) is 8.96. The van der Waals surface area contributed by atoms with E-state index in [4.69, 9.17) is 9.47 Å². The lowest BCUT2D eigenvalue weighted by molar-refractivity contribution is -0.132. The summed E-state index contributed by atoms with van der Waals surface area (Å²) < 4.78 is 11.3. The molecule has 2 saturated heterocycles. The van der Waals surface area contributed by atoms with Gasteiger partial charge in [0.05, 0.1) is 6.04 Å². The number of nitrogens with zero attached hydrogens (tertiary/aromatic N) is 1. The van der Waals surface area contributed by atoms with Crippen molar-refractivity contribution in [2.75, 3.05) is 32.8 Å². The van der Waals surface area contributed by atoms with Crippen molar-refractivity contribution in [2.45, 2.75) is 44.6 Å². The minimum Gasteiger partial charge on any atom is -0.486 e. The summed E-state index contributed by atoms with van der Waals surface area (Å²) in [7, 11) is 0. The van der Waals surface area contributed by atoms with Crippen LogP contribution in [-0.4, -0.2) is 43.7 Å². The number of nitrogens with one attached hydrogen (secondary N) is 1. The van der Waals surface area contributed by atoms with Crippen LogP contribution in [0.3, 0.4) is 0 Å². The second-order valence-electron chi connectivity index (χ2n) is 7.38. The highest BCUT2D eigenvalue weighted by molar-refractivity contribution is 5.85. The molecule has 1 N–H and O–H groups in total. The third-order valence-corrected chi connectivity index (χ3v) is 5.75. The highest BCUT2D eigenvalue weighted by Crippen LogP contribution is 2.38. The molecule has 0 aliphatic carbocycles. The number of halogens is 1. The van der Waals surface area contributed by atoms with Crippen molar-refractivity contribution >= 4 is 18.3 Å². The number of carbonyl (C=O) groups excluding carboxylic acids is 1. The number of hydrogen-bond acceptors (Lipinski definition) is 4. The van der Waals surface area contributed by atoms with E-state index in [0.717, 1.165) is 50.4 Å². The maximum absolute atomic E-state index is 12.8. The van der Waals surface area contributed by atoms with Crippen molar-refractivity contribution in [1.82, 2.24) is 10.2 Å². The van der Waals surface area contributed by atoms with E-state index < -0.39 is 0 Å². The highest BCUT2D eigenvalue weighted by atomic mass is 35.5. The first-order valence-corrected chi connectivity index (χ1v) is 9.71. The Morgan fingerprint density at radius 2 is 1.88 bits per heavy atom. The fourth-order valence-corrected chi connectivity index (χ4v) is 4.32. The van der Waals surface area contributed by atoms with E-state index in [-0.39, 0.29) is 18.4 Å². The average molecular weight is 381 g/mol. The smallest absolute Gasteiger partial charge is 0.223 e. The van der Waals surface area contributed by atoms with Gasteiger partial charge in [0.2, 0.25) is 5.91 Å². The number of piperidine rings is 1. The summed E-state index contributed by atoms with van der Waals surface area (Å²) in [6.45, 7) is 4.28. The Balaban J connectivity index is 0.00000196. The number of carbonyl (C=O) groups is 1. The van der Waals surface area contributed by atoms with Gasteiger partial charge >= 0.3 is 0 Å². The first kappa shape index (κ1) is 19.3. The maximum atomic E-state index is 12.8. The summed E-state index contributed by atoms with van der Waals surface area (Å²) in [4.78, 5) is 14.9. The number of benzene rings is 1. The van der Waals surface area contributed by atoms with Crippen LogP contribution in [0.25, 0.3) is 0 Å². The molecule has 1 amide bonds. The van der Waals surface area contributed by atoms with Crippen LogP contribution in [0.2, 0.25) is 0 Å². The van der Waals surface area contributed by atoms with E-state index in [9.17, 15) is 4.79 Å². The molecular formula is C20H29ClN2O3. The van der Waals surface area contributed by atoms with Gasteiger partial charge in [0.25, 0.3) is 0 Å². The molecule has 6 heteroatoms. The first-order valence-electron chi connectivity index (χ1n) is 9.71. The van der Waals surface area contributed by atoms with Gasteiger partial charge < -0.3 is 19.7 Å². The number of amides is 1. The maximum Gasteiger partial charge on any atom is 0.223 e. The molecule has 3 heterocycles. The lowest BCUT2D eigenvalue weighted by atomic mass is 9.93. The molecule has 1 atom stereocenters. The summed E-state index contributed by atoms with van der Waals surface area (Å²) in [6, 6.07) is 6.34. The molecule has 2 fully saturated rings. The highest BCUT2D eigenvalue weighted by Gasteiger charge is 2.31. The van der Waals surface area contributed by atoms with Crippen molar-refractivity contribution in [2.24, 2.45) is 5.92 Å². The van der Waals surface area contributed by atoms with E-state index in [1.54, 1.807) is 0 Å². The lowest BCUT2D eigenvalue weighted by Gasteiger charge is -2.28. The Morgan fingerprint density at radius 1 is 1.12 bits per heavy atom. The van der Waals surface area contributed by atoms with Crippen LogP contribution in [-0.2, 0) is 4.79 Å². The number of rotatable bonds is 4. The third-order valence-electron chi connectivity index (χ3n) is 5.75. The third kappa shape index (κ3) is 4.26. The van der Waals surface area contributed by atoms with Crippen molar-refractivity contribution in [1.29, 1.82) is 0 Å². The zero-order valence-corrected chi connectivity index (χ0v) is 16.1. The van der Waals surface area contributed by atoms with Gasteiger partial charge in [-0.25, -0.2) is 0 Å². The van der Waals surface area contributed by atoms with Crippen LogP contribution in [0.5, 0.6) is 11.5 Å². The molecule has 0 aromatic heterocycles. The molecule has 1 unspecified atom stereocenters. The standard InChI is InChI=1S/C20H28N2O3.ClH/c23-20(6-3-15-7-9-21-10-8-15)22-11-1-2-17(22)16-4-5-18-19(14-16)25-13-12-24-18;/h4-5,14-15,17,21H,1-3,6-13H2;1H. The normalized spacial score (nSPS) is 22.8. The number of hydrogen-bond donors (Lipinski definition) is 1. The fourth-order valence-electron chi connectivity index (χ4n) is 4.32. The summed E-state index contributed by atoms with van der Waals surface area (Å²) in [5.41, 5.74) is 1.18. The molecule has 4 rings (SSSR count). The largest absolute Gasteiger partial charge is 0.486 e. The summed E-state index contributed by atoms with van der Waals surface area (Å²) in [5, 5.41) is 3.39. The quantitative estimate of drug-likeness (QED) is 0.870. The van der Waals surface area contributed by atoms with Crippen LogP contribution >= 0.6 is 12.4 Å². The van der Waals surface area contributed by atoms with Crippen molar-refractivity contribution in [3.05, 3.63) is 23.8 Å². The first-order chi connectivity index (χ1) is 12.3. The van der Waals surface area contributed by atoms with E-state index in [0.29, 0.717) is 31.5 Å². The topological polar surface area (TPSA) is 50.8 Å². The van der Waals surface area contributed by atoms with Crippen LogP contribution in [0.4, 0.5) is 0 Å². The Labute approximate surface area is 161 Å². The SMILES string of the molecule is Cl.O=C(CCC1CCNCC1)N1CCCC1c1ccc2c(c1)OCCO2. The lowest BCUT2D eigenvalue weighted by Crippen LogP contribution is -2.32. The molecule has 1 aromatic rings. The Morgan fingerprint density at radius 3 is 2.69 bits per heavy atom. The minimum absolute atomic E-state index is 0. The summed E-state index contributed by atoms with van der Waals surface area (Å²) in [6.07, 6.45) is 6.26. The van der Waals surface area contributed by atoms with Crippen molar-refractivity contribution in [3.63, 3.8) is 0 Å². The monoisotopic (exact) mass is 380 g/mol. The second-order valence-corrected chi connectivity index (χ2v) is 7.38. The van der Waals surface area contributed by atoms with Gasteiger partial charge in [-0.15, -0.1) is 12.4 Å². The summed E-state index contributed by atoms with van der Waals surface area (Å²) in [5.74, 6) is 2.66. The van der Waals surface area contributed by atoms with E-state index >= 15 is 0 Å². The number of ether oxygens (including phenoxy) is 2. The predicted molar refractivity (Wildman–Crippen MR) is 103 cm³/mol. The minimum atomic E-state index is 0. The van der Waals surface area contributed by atoms with Crippen molar-refractivity contribution < 1.29 is 14.3 Å². The molecule has 0 radical (unpaired) electrons. The van der Waals surface area contributed by atoms with Crippen LogP contribution in [0, 0.1) is 5.92 Å². The Kier molecular flexibility index (Phi) is 6.65. The fraction of sp³-hybridized carbons (Fsp3) is 0.650. The molecule has 26 heavy (non-hydrogen) atoms. The van der Waals surface area contributed by atoms with Gasteiger partial charge in [-0.05, 0) is 68.8 Å². The molecular weight excluding hydrogens is 352 g/mol. The van der Waals surface area contributed by atoms with E-state index in [1.807, 2.05) is 6.07 Å². The van der Waals surface area contributed by atoms with E-state index in [2.05, 4.69) is 22.3 Å². The molecule has 3 aliphatic rings. The average Bonchev–Trinajstić information content (AvgIpc) is 3.16. The Hall–Kier alpha value is -1.46. The zero-order valence-electron chi connectivity index (χ0n) is 15.2. The van der Waals surface area contributed by atoms with Crippen LogP contribution in [0.1, 0.15) is 50.1 Å². The predicted octanol–water partition coefficient (Wildman–Crippen LogP) is 3.32. The molecule has 3 aliphatic heterocycles. The van der Waals surface area contributed by atoms with Gasteiger partial charge in [-0.1, -0.05) is 6.07 Å². The van der Waals surface area contributed by atoms with Crippen molar-refractivity contribution in [3.8, 4) is 11.5 Å². The molecule has 0 saturated carbocycles. The van der Waals surface area contributed by atoms with Gasteiger partial charge in [0, 0.05) is 13.0 Å². The van der Waals surface area contributed by atoms with E-state index in [1.165, 1.54) is 18.4 Å². The zero-order chi connectivity index (χ0) is 17.1. The number of fused-ring (bicyclic) bond motifs is 1. The van der Waals surface area contributed by atoms with Gasteiger partial charge in [-0.2, -0.15) is 0 Å². The summed E-state index contributed by atoms with van der Waals surface area (Å²) >= 11 is 0. The van der Waals surface area contributed by atoms with Gasteiger partial charge in [-0.3, -0.25) is 4.79 Å². The number of likely N-dealkylation sites (tertiary alicyclic amines) is 1. The van der Waals surface area contributed by atoms with Crippen LogP contribution in [0.15, 0.2) is 18.2 Å². The Bertz CT molecular complexity index is 619.